The van der Waals surface area contributed by atoms with Gasteiger partial charge in [-0.1, -0.05) is 41.4 Å². The molecule has 2 aromatic carbocycles. The molecule has 4 nitrogen and oxygen atoms in total. The molecule has 2 rings (SSSR count). The first-order valence-corrected chi connectivity index (χ1v) is 7.96. The number of hydrogen-bond donors (Lipinski definition) is 2. The van der Waals surface area contributed by atoms with Crippen LogP contribution >= 0.6 is 23.2 Å². The van der Waals surface area contributed by atoms with Crippen LogP contribution in [0.3, 0.4) is 0 Å². The molecule has 2 amide bonds. The Morgan fingerprint density at radius 3 is 2.46 bits per heavy atom. The van der Waals surface area contributed by atoms with Gasteiger partial charge in [0.2, 0.25) is 11.8 Å². The lowest BCUT2D eigenvalue weighted by atomic mass is 10.1. The van der Waals surface area contributed by atoms with Crippen LogP contribution in [0.1, 0.15) is 12.0 Å². The van der Waals surface area contributed by atoms with E-state index >= 15 is 0 Å². The zero-order chi connectivity index (χ0) is 17.5. The summed E-state index contributed by atoms with van der Waals surface area (Å²) in [6, 6.07) is 11.0. The minimum Gasteiger partial charge on any atom is -0.355 e. The van der Waals surface area contributed by atoms with Gasteiger partial charge in [0.15, 0.2) is 0 Å². The van der Waals surface area contributed by atoms with E-state index in [2.05, 4.69) is 10.6 Å². The Labute approximate surface area is 149 Å². The number of anilines is 1. The van der Waals surface area contributed by atoms with Gasteiger partial charge in [-0.3, -0.25) is 9.59 Å². The molecular formula is C17H15Cl2FN2O2. The molecule has 126 valence electrons. The number of hydrogen-bond acceptors (Lipinski definition) is 2. The zero-order valence-electron chi connectivity index (χ0n) is 12.6. The van der Waals surface area contributed by atoms with Gasteiger partial charge in [0.1, 0.15) is 12.2 Å². The molecule has 7 heteroatoms. The molecule has 0 bridgehead atoms. The molecule has 0 saturated heterocycles. The summed E-state index contributed by atoms with van der Waals surface area (Å²) in [6.07, 6.45) is 0.0182. The van der Waals surface area contributed by atoms with E-state index in [9.17, 15) is 14.0 Å². The molecule has 0 atom stereocenters. The summed E-state index contributed by atoms with van der Waals surface area (Å²) in [5.74, 6) is -1.23. The molecular weight excluding hydrogens is 354 g/mol. The van der Waals surface area contributed by atoms with Crippen LogP contribution in [0.4, 0.5) is 10.1 Å². The Morgan fingerprint density at radius 1 is 1.00 bits per heavy atom. The van der Waals surface area contributed by atoms with Crippen molar-refractivity contribution in [3.05, 3.63) is 63.9 Å². The van der Waals surface area contributed by atoms with Gasteiger partial charge in [0.05, 0.1) is 10.0 Å². The molecule has 2 N–H and O–H groups in total. The third kappa shape index (κ3) is 5.51. The highest BCUT2D eigenvalue weighted by molar-refractivity contribution is 6.42. The van der Waals surface area contributed by atoms with Crippen LogP contribution < -0.4 is 10.6 Å². The van der Waals surface area contributed by atoms with Gasteiger partial charge in [0.25, 0.3) is 0 Å². The van der Waals surface area contributed by atoms with E-state index in [0.717, 1.165) is 0 Å². The number of carbonyl (C=O) groups is 2. The van der Waals surface area contributed by atoms with Crippen LogP contribution in [0.15, 0.2) is 42.5 Å². The van der Waals surface area contributed by atoms with Gasteiger partial charge in [-0.25, -0.2) is 4.39 Å². The molecule has 24 heavy (non-hydrogen) atoms. The largest absolute Gasteiger partial charge is 0.355 e. The average Bonchev–Trinajstić information content (AvgIpc) is 2.52. The normalized spacial score (nSPS) is 10.3. The number of amides is 2. The van der Waals surface area contributed by atoms with Crippen molar-refractivity contribution < 1.29 is 14.0 Å². The first kappa shape index (κ1) is 18.2. The van der Waals surface area contributed by atoms with Gasteiger partial charge in [-0.2, -0.15) is 0 Å². The number of benzene rings is 2. The van der Waals surface area contributed by atoms with E-state index in [-0.39, 0.29) is 18.8 Å². The summed E-state index contributed by atoms with van der Waals surface area (Å²) >= 11 is 11.6. The van der Waals surface area contributed by atoms with Crippen LogP contribution in [0.25, 0.3) is 0 Å². The van der Waals surface area contributed by atoms with Gasteiger partial charge in [0, 0.05) is 12.2 Å². The second kappa shape index (κ2) is 8.66. The summed E-state index contributed by atoms with van der Waals surface area (Å²) < 4.78 is 13.4. The van der Waals surface area contributed by atoms with Crippen LogP contribution in [-0.2, 0) is 16.0 Å². The molecule has 0 radical (unpaired) electrons. The van der Waals surface area contributed by atoms with Crippen molar-refractivity contribution in [1.82, 2.24) is 5.32 Å². The maximum atomic E-state index is 13.4. The monoisotopic (exact) mass is 368 g/mol. The van der Waals surface area contributed by atoms with Crippen molar-refractivity contribution in [2.45, 2.75) is 12.8 Å². The number of carbonyl (C=O) groups excluding carboxylic acids is 2. The quantitative estimate of drug-likeness (QED) is 0.761. The van der Waals surface area contributed by atoms with Crippen LogP contribution in [0.5, 0.6) is 0 Å². The van der Waals surface area contributed by atoms with Gasteiger partial charge >= 0.3 is 0 Å². The molecule has 0 aliphatic carbocycles. The van der Waals surface area contributed by atoms with Gasteiger partial charge in [-0.05, 0) is 36.2 Å². The van der Waals surface area contributed by atoms with Crippen molar-refractivity contribution in [1.29, 1.82) is 0 Å². The van der Waals surface area contributed by atoms with Crippen LogP contribution in [0, 0.1) is 5.82 Å². The Morgan fingerprint density at radius 2 is 1.75 bits per heavy atom. The van der Waals surface area contributed by atoms with Crippen molar-refractivity contribution in [2.24, 2.45) is 0 Å². The van der Waals surface area contributed by atoms with E-state index in [1.54, 1.807) is 30.3 Å². The molecule has 0 aromatic heterocycles. The standard InChI is InChI=1S/C17H15Cl2FN2O2/c18-13-6-5-12(9-14(13)19)22-17(24)10-16(23)21-8-7-11-3-1-2-4-15(11)20/h1-6,9H,7-8,10H2,(H,21,23)(H,22,24). The summed E-state index contributed by atoms with van der Waals surface area (Å²) in [4.78, 5) is 23.5. The Hall–Kier alpha value is -2.11. The van der Waals surface area contributed by atoms with Gasteiger partial charge < -0.3 is 10.6 Å². The SMILES string of the molecule is O=C(CC(=O)Nc1ccc(Cl)c(Cl)c1)NCCc1ccccc1F. The third-order valence-corrected chi connectivity index (χ3v) is 3.94. The summed E-state index contributed by atoms with van der Waals surface area (Å²) in [5, 5.41) is 5.82. The Bertz CT molecular complexity index is 753. The maximum absolute atomic E-state index is 13.4. The van der Waals surface area contributed by atoms with E-state index in [1.807, 2.05) is 0 Å². The number of rotatable bonds is 6. The third-order valence-electron chi connectivity index (χ3n) is 3.20. The molecule has 0 aliphatic heterocycles. The molecule has 0 saturated carbocycles. The zero-order valence-corrected chi connectivity index (χ0v) is 14.1. The Balaban J connectivity index is 1.76. The fraction of sp³-hybridized carbons (Fsp3) is 0.176. The average molecular weight is 369 g/mol. The number of halogens is 3. The predicted octanol–water partition coefficient (Wildman–Crippen LogP) is 3.82. The second-order valence-corrected chi connectivity index (χ2v) is 5.86. The summed E-state index contributed by atoms with van der Waals surface area (Å²) in [7, 11) is 0. The maximum Gasteiger partial charge on any atom is 0.233 e. The molecule has 0 fully saturated rings. The minimum atomic E-state index is -0.475. The highest BCUT2D eigenvalue weighted by atomic mass is 35.5. The van der Waals surface area contributed by atoms with Crippen molar-refractivity contribution in [3.8, 4) is 0 Å². The van der Waals surface area contributed by atoms with Crippen LogP contribution in [0.2, 0.25) is 10.0 Å². The summed E-state index contributed by atoms with van der Waals surface area (Å²) in [6.45, 7) is 0.250. The van der Waals surface area contributed by atoms with E-state index < -0.39 is 11.8 Å². The van der Waals surface area contributed by atoms with Gasteiger partial charge in [-0.15, -0.1) is 0 Å². The minimum absolute atomic E-state index is 0.250. The molecule has 2 aromatic rings. The Kier molecular flexibility index (Phi) is 6.58. The smallest absolute Gasteiger partial charge is 0.233 e. The topological polar surface area (TPSA) is 58.2 Å². The fourth-order valence-corrected chi connectivity index (χ4v) is 2.32. The van der Waals surface area contributed by atoms with Crippen molar-refractivity contribution in [2.75, 3.05) is 11.9 Å². The second-order valence-electron chi connectivity index (χ2n) is 5.05. The molecule has 0 aliphatic rings. The van der Waals surface area contributed by atoms with Crippen LogP contribution in [-0.4, -0.2) is 18.4 Å². The van der Waals surface area contributed by atoms with E-state index in [0.29, 0.717) is 27.7 Å². The molecule has 0 heterocycles. The predicted molar refractivity (Wildman–Crippen MR) is 92.8 cm³/mol. The highest BCUT2D eigenvalue weighted by Crippen LogP contribution is 2.24. The fourth-order valence-electron chi connectivity index (χ4n) is 2.03. The highest BCUT2D eigenvalue weighted by Gasteiger charge is 2.10. The molecule has 0 spiro atoms. The lowest BCUT2D eigenvalue weighted by molar-refractivity contribution is -0.126. The van der Waals surface area contributed by atoms with Crippen molar-refractivity contribution in [3.63, 3.8) is 0 Å². The summed E-state index contributed by atoms with van der Waals surface area (Å²) in [5.41, 5.74) is 0.964. The van der Waals surface area contributed by atoms with E-state index in [1.165, 1.54) is 12.1 Å². The first-order valence-electron chi connectivity index (χ1n) is 7.20. The van der Waals surface area contributed by atoms with E-state index in [4.69, 9.17) is 23.2 Å². The number of nitrogens with one attached hydrogen (secondary N) is 2. The lowest BCUT2D eigenvalue weighted by Gasteiger charge is -2.08. The van der Waals surface area contributed by atoms with Crippen molar-refractivity contribution >= 4 is 40.7 Å². The lowest BCUT2D eigenvalue weighted by Crippen LogP contribution is -2.29. The first-order chi connectivity index (χ1) is 11.5. The molecule has 0 unspecified atom stereocenters.